The highest BCUT2D eigenvalue weighted by Gasteiger charge is 2.40. The van der Waals surface area contributed by atoms with E-state index in [0.717, 1.165) is 12.5 Å². The first-order chi connectivity index (χ1) is 6.96. The summed E-state index contributed by atoms with van der Waals surface area (Å²) in [4.78, 5) is 0. The van der Waals surface area contributed by atoms with Crippen molar-refractivity contribution in [2.75, 3.05) is 0 Å². The summed E-state index contributed by atoms with van der Waals surface area (Å²) in [5.41, 5.74) is 4.67. The number of rotatable bonds is 1. The average molecular weight is 234 g/mol. The van der Waals surface area contributed by atoms with Crippen LogP contribution in [0, 0.1) is 11.6 Å². The van der Waals surface area contributed by atoms with Crippen LogP contribution in [0.3, 0.4) is 0 Å². The Kier molecular flexibility index (Phi) is 2.35. The molecule has 1 aliphatic carbocycles. The Morgan fingerprint density at radius 3 is 2.47 bits per heavy atom. The second kappa shape index (κ2) is 3.32. The van der Waals surface area contributed by atoms with Crippen LogP contribution in [0.1, 0.15) is 24.8 Å². The second-order valence-corrected chi connectivity index (χ2v) is 4.29. The third-order valence-corrected chi connectivity index (χ3v) is 3.16. The monoisotopic (exact) mass is 233 g/mol. The molecule has 82 valence electrons. The van der Waals surface area contributed by atoms with Crippen molar-refractivity contribution in [3.63, 3.8) is 0 Å². The summed E-state index contributed by atoms with van der Waals surface area (Å²) >= 11 is 5.50. The minimum Gasteiger partial charge on any atom is -0.505 e. The molecule has 3 N–H and O–H groups in total. The van der Waals surface area contributed by atoms with E-state index in [4.69, 9.17) is 17.3 Å². The van der Waals surface area contributed by atoms with E-state index in [9.17, 15) is 13.9 Å². The van der Waals surface area contributed by atoms with Crippen LogP contribution >= 0.6 is 11.6 Å². The second-order valence-electron chi connectivity index (χ2n) is 3.89. The van der Waals surface area contributed by atoms with Crippen molar-refractivity contribution in [2.45, 2.75) is 24.8 Å². The molecule has 0 spiro atoms. The van der Waals surface area contributed by atoms with Gasteiger partial charge < -0.3 is 10.8 Å². The van der Waals surface area contributed by atoms with Crippen molar-refractivity contribution in [2.24, 2.45) is 5.73 Å². The molecule has 0 amide bonds. The highest BCUT2D eigenvalue weighted by atomic mass is 35.5. The Balaban J connectivity index is 2.63. The first-order valence-corrected chi connectivity index (χ1v) is 4.99. The van der Waals surface area contributed by atoms with Gasteiger partial charge in [-0.1, -0.05) is 11.6 Å². The normalized spacial score (nSPS) is 18.7. The Morgan fingerprint density at radius 2 is 2.00 bits per heavy atom. The van der Waals surface area contributed by atoms with E-state index in [-0.39, 0.29) is 10.6 Å². The predicted octanol–water partition coefficient (Wildman–Crippen LogP) is 2.66. The Bertz CT molecular complexity index is 392. The van der Waals surface area contributed by atoms with Crippen LogP contribution in [-0.2, 0) is 5.54 Å². The summed E-state index contributed by atoms with van der Waals surface area (Å²) in [6, 6.07) is 0.748. The number of hydrogen-bond donors (Lipinski definition) is 2. The van der Waals surface area contributed by atoms with E-state index in [1.807, 2.05) is 0 Å². The number of halogens is 3. The van der Waals surface area contributed by atoms with Gasteiger partial charge in [-0.2, -0.15) is 0 Å². The van der Waals surface area contributed by atoms with Gasteiger partial charge in [0.05, 0.1) is 10.6 Å². The minimum absolute atomic E-state index is 0.196. The zero-order chi connectivity index (χ0) is 11.2. The van der Waals surface area contributed by atoms with Gasteiger partial charge in [0.25, 0.3) is 0 Å². The quantitative estimate of drug-likeness (QED) is 0.733. The lowest BCUT2D eigenvalue weighted by Gasteiger charge is -2.39. The van der Waals surface area contributed by atoms with E-state index < -0.39 is 22.9 Å². The van der Waals surface area contributed by atoms with Crippen LogP contribution in [0.25, 0.3) is 0 Å². The first kappa shape index (κ1) is 10.6. The fourth-order valence-corrected chi connectivity index (χ4v) is 2.04. The third kappa shape index (κ3) is 1.48. The van der Waals surface area contributed by atoms with Gasteiger partial charge in [-0.15, -0.1) is 0 Å². The maximum atomic E-state index is 13.6. The largest absolute Gasteiger partial charge is 0.505 e. The summed E-state index contributed by atoms with van der Waals surface area (Å²) < 4.78 is 26.8. The Labute approximate surface area is 90.7 Å². The van der Waals surface area contributed by atoms with Crippen molar-refractivity contribution in [1.82, 2.24) is 0 Å². The van der Waals surface area contributed by atoms with Gasteiger partial charge in [-0.05, 0) is 25.3 Å². The average Bonchev–Trinajstić information content (AvgIpc) is 2.12. The van der Waals surface area contributed by atoms with Gasteiger partial charge in [-0.25, -0.2) is 8.78 Å². The molecule has 15 heavy (non-hydrogen) atoms. The van der Waals surface area contributed by atoms with E-state index in [1.54, 1.807) is 0 Å². The van der Waals surface area contributed by atoms with Crippen LogP contribution in [0.4, 0.5) is 8.78 Å². The highest BCUT2D eigenvalue weighted by Crippen LogP contribution is 2.45. The van der Waals surface area contributed by atoms with Crippen LogP contribution in [-0.4, -0.2) is 5.11 Å². The zero-order valence-corrected chi connectivity index (χ0v) is 8.61. The molecule has 5 heteroatoms. The number of phenols is 1. The van der Waals surface area contributed by atoms with E-state index in [2.05, 4.69) is 0 Å². The molecule has 1 fully saturated rings. The van der Waals surface area contributed by atoms with Gasteiger partial charge >= 0.3 is 0 Å². The van der Waals surface area contributed by atoms with Crippen LogP contribution in [0.5, 0.6) is 5.75 Å². The van der Waals surface area contributed by atoms with Gasteiger partial charge in [0.1, 0.15) is 0 Å². The molecule has 0 radical (unpaired) electrons. The molecular weight excluding hydrogens is 224 g/mol. The molecule has 2 rings (SSSR count). The van der Waals surface area contributed by atoms with Gasteiger partial charge in [-0.3, -0.25) is 0 Å². The molecular formula is C10H10ClF2NO. The first-order valence-electron chi connectivity index (χ1n) is 4.61. The fraction of sp³-hybridized carbons (Fsp3) is 0.400. The number of phenolic OH excluding ortho intramolecular Hbond substituents is 1. The van der Waals surface area contributed by atoms with Crippen LogP contribution in [0.2, 0.25) is 5.02 Å². The standard InChI is InChI=1S/C10H10ClF2NO/c11-5-4-6(12)9(15)7(8(5)13)10(14)2-1-3-10/h4,15H,1-3,14H2. The maximum absolute atomic E-state index is 13.6. The smallest absolute Gasteiger partial charge is 0.166 e. The molecule has 0 unspecified atom stereocenters. The zero-order valence-electron chi connectivity index (χ0n) is 7.86. The lowest BCUT2D eigenvalue weighted by molar-refractivity contribution is 0.234. The summed E-state index contributed by atoms with van der Waals surface area (Å²) in [5.74, 6) is -2.48. The van der Waals surface area contributed by atoms with E-state index >= 15 is 0 Å². The summed E-state index contributed by atoms with van der Waals surface area (Å²) in [6.07, 6.45) is 1.89. The molecule has 0 aromatic heterocycles. The predicted molar refractivity (Wildman–Crippen MR) is 52.7 cm³/mol. The molecule has 0 saturated heterocycles. The van der Waals surface area contributed by atoms with Crippen molar-refractivity contribution in [1.29, 1.82) is 0 Å². The lowest BCUT2D eigenvalue weighted by Crippen LogP contribution is -2.44. The Hall–Kier alpha value is -0.870. The van der Waals surface area contributed by atoms with Crippen LogP contribution < -0.4 is 5.73 Å². The van der Waals surface area contributed by atoms with Crippen molar-refractivity contribution < 1.29 is 13.9 Å². The van der Waals surface area contributed by atoms with Gasteiger partial charge in [0, 0.05) is 5.54 Å². The molecule has 0 atom stereocenters. The number of hydrogen-bond acceptors (Lipinski definition) is 2. The highest BCUT2D eigenvalue weighted by molar-refractivity contribution is 6.30. The minimum atomic E-state index is -0.972. The molecule has 1 aliphatic rings. The number of benzene rings is 1. The molecule has 1 saturated carbocycles. The van der Waals surface area contributed by atoms with Gasteiger partial charge in [0.2, 0.25) is 0 Å². The Morgan fingerprint density at radius 1 is 1.40 bits per heavy atom. The molecule has 2 nitrogen and oxygen atoms in total. The molecule has 1 aromatic carbocycles. The SMILES string of the molecule is NC1(c2c(O)c(F)cc(Cl)c2F)CCC1. The topological polar surface area (TPSA) is 46.2 Å². The number of aromatic hydroxyl groups is 1. The maximum Gasteiger partial charge on any atom is 0.166 e. The molecule has 0 heterocycles. The van der Waals surface area contributed by atoms with Crippen molar-refractivity contribution in [3.05, 3.63) is 28.3 Å². The lowest BCUT2D eigenvalue weighted by atomic mass is 9.72. The summed E-state index contributed by atoms with van der Waals surface area (Å²) in [6.45, 7) is 0. The molecule has 1 aromatic rings. The molecule has 0 aliphatic heterocycles. The third-order valence-electron chi connectivity index (χ3n) is 2.89. The van der Waals surface area contributed by atoms with Crippen molar-refractivity contribution >= 4 is 11.6 Å². The summed E-state index contributed by atoms with van der Waals surface area (Å²) in [7, 11) is 0. The fourth-order valence-electron chi connectivity index (χ4n) is 1.85. The van der Waals surface area contributed by atoms with E-state index in [0.29, 0.717) is 12.8 Å². The summed E-state index contributed by atoms with van der Waals surface area (Å²) in [5, 5.41) is 9.10. The molecule has 0 bridgehead atoms. The van der Waals surface area contributed by atoms with Crippen LogP contribution in [0.15, 0.2) is 6.07 Å². The van der Waals surface area contributed by atoms with E-state index in [1.165, 1.54) is 0 Å². The number of nitrogens with two attached hydrogens (primary N) is 1. The van der Waals surface area contributed by atoms with Gasteiger partial charge in [0.15, 0.2) is 17.4 Å². The van der Waals surface area contributed by atoms with Crippen molar-refractivity contribution in [3.8, 4) is 5.75 Å².